The number of nitrogens with zero attached hydrogens (tertiary/aromatic N) is 1. The Balaban J connectivity index is 1.93. The van der Waals surface area contributed by atoms with Crippen LogP contribution in [0.15, 0.2) is 24.3 Å². The Labute approximate surface area is 128 Å². The zero-order valence-electron chi connectivity index (χ0n) is 13.8. The van der Waals surface area contributed by atoms with E-state index < -0.39 is 0 Å². The summed E-state index contributed by atoms with van der Waals surface area (Å²) in [5.74, 6) is 0.575. The van der Waals surface area contributed by atoms with Crippen LogP contribution in [0.25, 0.3) is 0 Å². The molecule has 1 amide bonds. The van der Waals surface area contributed by atoms with E-state index in [-0.39, 0.29) is 11.4 Å². The number of hydrogen-bond acceptors (Lipinski definition) is 2. The normalized spacial score (nSPS) is 15.9. The second-order valence-electron chi connectivity index (χ2n) is 7.13. The van der Waals surface area contributed by atoms with E-state index in [1.807, 2.05) is 0 Å². The molecule has 3 nitrogen and oxygen atoms in total. The lowest BCUT2D eigenvalue weighted by molar-refractivity contribution is -0.122. The maximum atomic E-state index is 11.9. The molecule has 0 spiro atoms. The molecule has 1 aliphatic heterocycles. The monoisotopic (exact) mass is 288 g/mol. The van der Waals surface area contributed by atoms with Crippen LogP contribution >= 0.6 is 0 Å². The Morgan fingerprint density at radius 2 is 1.95 bits per heavy atom. The first-order valence-electron chi connectivity index (χ1n) is 7.97. The van der Waals surface area contributed by atoms with E-state index in [0.29, 0.717) is 18.9 Å². The van der Waals surface area contributed by atoms with Crippen LogP contribution in [0.2, 0.25) is 0 Å². The molecule has 0 atom stereocenters. The van der Waals surface area contributed by atoms with Gasteiger partial charge in [-0.2, -0.15) is 0 Å². The van der Waals surface area contributed by atoms with E-state index >= 15 is 0 Å². The summed E-state index contributed by atoms with van der Waals surface area (Å²) in [4.78, 5) is 14.3. The second-order valence-corrected chi connectivity index (χ2v) is 7.13. The molecular formula is C18H28N2O. The lowest BCUT2D eigenvalue weighted by Crippen LogP contribution is -2.53. The van der Waals surface area contributed by atoms with Crippen molar-refractivity contribution in [2.75, 3.05) is 13.1 Å². The van der Waals surface area contributed by atoms with Crippen molar-refractivity contribution in [1.82, 2.24) is 10.2 Å². The number of benzene rings is 1. The first-order valence-corrected chi connectivity index (χ1v) is 7.97. The van der Waals surface area contributed by atoms with Gasteiger partial charge < -0.3 is 5.32 Å². The van der Waals surface area contributed by atoms with Crippen LogP contribution in [0.3, 0.4) is 0 Å². The fourth-order valence-corrected chi connectivity index (χ4v) is 2.88. The fraction of sp³-hybridized carbons (Fsp3) is 0.611. The third-order valence-electron chi connectivity index (χ3n) is 4.30. The predicted molar refractivity (Wildman–Crippen MR) is 87.1 cm³/mol. The van der Waals surface area contributed by atoms with Gasteiger partial charge in [0, 0.05) is 31.6 Å². The van der Waals surface area contributed by atoms with Crippen molar-refractivity contribution in [3.8, 4) is 0 Å². The Bertz CT molecular complexity index is 494. The number of carbonyl (C=O) groups is 1. The lowest BCUT2D eigenvalue weighted by Gasteiger charge is -2.41. The van der Waals surface area contributed by atoms with Gasteiger partial charge >= 0.3 is 0 Å². The summed E-state index contributed by atoms with van der Waals surface area (Å²) in [6, 6.07) is 8.67. The first-order chi connectivity index (χ1) is 9.88. The molecule has 1 N–H and O–H groups in total. The smallest absolute Gasteiger partial charge is 0.220 e. The summed E-state index contributed by atoms with van der Waals surface area (Å²) in [5, 5.41) is 3.09. The van der Waals surface area contributed by atoms with Crippen molar-refractivity contribution < 1.29 is 4.79 Å². The second kappa shape index (κ2) is 6.61. The fourth-order valence-electron chi connectivity index (χ4n) is 2.88. The molecule has 0 aromatic heterocycles. The summed E-state index contributed by atoms with van der Waals surface area (Å²) in [7, 11) is 0. The zero-order valence-corrected chi connectivity index (χ0v) is 13.8. The minimum atomic E-state index is -0.0137. The van der Waals surface area contributed by atoms with E-state index in [9.17, 15) is 4.79 Å². The quantitative estimate of drug-likeness (QED) is 0.903. The minimum Gasteiger partial charge on any atom is -0.354 e. The standard InChI is InChI=1S/C18H28N2O/c1-14(2)11-17(21)19-13-18(3,4)20-10-9-15-7-5-6-8-16(15)12-20/h5-8,14H,9-13H2,1-4H3,(H,19,21). The van der Waals surface area contributed by atoms with Crippen LogP contribution in [0.5, 0.6) is 0 Å². The van der Waals surface area contributed by atoms with E-state index in [0.717, 1.165) is 19.5 Å². The molecule has 2 rings (SSSR count). The van der Waals surface area contributed by atoms with Crippen LogP contribution in [0.4, 0.5) is 0 Å². The number of nitrogens with one attached hydrogen (secondary N) is 1. The molecule has 0 fully saturated rings. The van der Waals surface area contributed by atoms with E-state index in [1.165, 1.54) is 11.1 Å². The summed E-state index contributed by atoms with van der Waals surface area (Å²) in [6.45, 7) is 11.3. The van der Waals surface area contributed by atoms with Crippen molar-refractivity contribution >= 4 is 5.91 Å². The van der Waals surface area contributed by atoms with Gasteiger partial charge in [0.1, 0.15) is 0 Å². The number of carbonyl (C=O) groups excluding carboxylic acids is 1. The van der Waals surface area contributed by atoms with Gasteiger partial charge in [-0.3, -0.25) is 9.69 Å². The number of rotatable bonds is 5. The molecular weight excluding hydrogens is 260 g/mol. The molecule has 1 aliphatic rings. The molecule has 1 aromatic rings. The van der Waals surface area contributed by atoms with E-state index in [1.54, 1.807) is 0 Å². The van der Waals surface area contributed by atoms with Crippen LogP contribution < -0.4 is 5.32 Å². The molecule has 1 aromatic carbocycles. The number of amides is 1. The van der Waals surface area contributed by atoms with Gasteiger partial charge in [0.05, 0.1) is 0 Å². The van der Waals surface area contributed by atoms with Gasteiger partial charge in [-0.1, -0.05) is 38.1 Å². The molecule has 1 heterocycles. The summed E-state index contributed by atoms with van der Waals surface area (Å²) in [6.07, 6.45) is 1.71. The SMILES string of the molecule is CC(C)CC(=O)NCC(C)(C)N1CCc2ccccc2C1. The molecule has 21 heavy (non-hydrogen) atoms. The van der Waals surface area contributed by atoms with Crippen molar-refractivity contribution in [3.05, 3.63) is 35.4 Å². The number of fused-ring (bicyclic) bond motifs is 1. The Morgan fingerprint density at radius 3 is 2.62 bits per heavy atom. The van der Waals surface area contributed by atoms with Crippen molar-refractivity contribution in [1.29, 1.82) is 0 Å². The zero-order chi connectivity index (χ0) is 15.5. The van der Waals surface area contributed by atoms with Gasteiger partial charge in [-0.15, -0.1) is 0 Å². The highest BCUT2D eigenvalue weighted by Crippen LogP contribution is 2.24. The van der Waals surface area contributed by atoms with E-state index in [4.69, 9.17) is 0 Å². The van der Waals surface area contributed by atoms with Crippen LogP contribution in [0, 0.1) is 5.92 Å². The molecule has 0 saturated carbocycles. The highest BCUT2D eigenvalue weighted by molar-refractivity contribution is 5.76. The molecule has 0 unspecified atom stereocenters. The van der Waals surface area contributed by atoms with E-state index in [2.05, 4.69) is 62.2 Å². The van der Waals surface area contributed by atoms with Crippen LogP contribution in [-0.2, 0) is 17.8 Å². The average molecular weight is 288 g/mol. The van der Waals surface area contributed by atoms with Gasteiger partial charge in [0.15, 0.2) is 0 Å². The highest BCUT2D eigenvalue weighted by Gasteiger charge is 2.29. The van der Waals surface area contributed by atoms with Gasteiger partial charge in [-0.25, -0.2) is 0 Å². The summed E-state index contributed by atoms with van der Waals surface area (Å²) in [5.41, 5.74) is 2.87. The minimum absolute atomic E-state index is 0.0137. The molecule has 0 saturated heterocycles. The van der Waals surface area contributed by atoms with Crippen LogP contribution in [-0.4, -0.2) is 29.4 Å². The van der Waals surface area contributed by atoms with Gasteiger partial charge in [-0.05, 0) is 37.3 Å². The van der Waals surface area contributed by atoms with Crippen molar-refractivity contribution in [2.24, 2.45) is 5.92 Å². The highest BCUT2D eigenvalue weighted by atomic mass is 16.1. The Morgan fingerprint density at radius 1 is 1.29 bits per heavy atom. The summed E-state index contributed by atoms with van der Waals surface area (Å²) >= 11 is 0. The summed E-state index contributed by atoms with van der Waals surface area (Å²) < 4.78 is 0. The Kier molecular flexibility index (Phi) is 5.04. The van der Waals surface area contributed by atoms with Crippen molar-refractivity contribution in [2.45, 2.75) is 52.6 Å². The third kappa shape index (κ3) is 4.31. The predicted octanol–water partition coefficient (Wildman–Crippen LogP) is 2.99. The molecule has 0 aliphatic carbocycles. The molecule has 0 bridgehead atoms. The lowest BCUT2D eigenvalue weighted by atomic mass is 9.94. The molecule has 0 radical (unpaired) electrons. The van der Waals surface area contributed by atoms with Crippen molar-refractivity contribution in [3.63, 3.8) is 0 Å². The first kappa shape index (κ1) is 16.0. The number of hydrogen-bond donors (Lipinski definition) is 1. The van der Waals surface area contributed by atoms with Gasteiger partial charge in [0.25, 0.3) is 0 Å². The average Bonchev–Trinajstić information content (AvgIpc) is 2.44. The Hall–Kier alpha value is -1.35. The third-order valence-corrected chi connectivity index (χ3v) is 4.30. The molecule has 3 heteroatoms. The maximum Gasteiger partial charge on any atom is 0.220 e. The topological polar surface area (TPSA) is 32.3 Å². The maximum absolute atomic E-state index is 11.9. The largest absolute Gasteiger partial charge is 0.354 e. The van der Waals surface area contributed by atoms with Gasteiger partial charge in [0.2, 0.25) is 5.91 Å². The molecule has 116 valence electrons. The van der Waals surface area contributed by atoms with Crippen LogP contribution in [0.1, 0.15) is 45.2 Å².